The standard InChI is InChI=1S/C31H28O5.C2H6/c1-23(36-24(2)32)28-18-29(33-20-25-12-6-3-7-13-25)31(35-22-27-16-10-5-11-17-27)30(19-28)34-21-26-14-8-4-9-15-26;1-2/h3-19H,1,20-22H2,2H3;1-2H3. The van der Waals surface area contributed by atoms with Gasteiger partial charge in [0.25, 0.3) is 0 Å². The van der Waals surface area contributed by atoms with Crippen LogP contribution >= 0.6 is 0 Å². The van der Waals surface area contributed by atoms with E-state index in [2.05, 4.69) is 6.58 Å². The fourth-order valence-corrected chi connectivity index (χ4v) is 3.53. The summed E-state index contributed by atoms with van der Waals surface area (Å²) >= 11 is 0. The van der Waals surface area contributed by atoms with Gasteiger partial charge in [-0.15, -0.1) is 0 Å². The number of esters is 1. The summed E-state index contributed by atoms with van der Waals surface area (Å²) < 4.78 is 23.9. The van der Waals surface area contributed by atoms with Gasteiger partial charge in [0.15, 0.2) is 11.5 Å². The minimum absolute atomic E-state index is 0.200. The van der Waals surface area contributed by atoms with Crippen LogP contribution in [0.5, 0.6) is 17.2 Å². The Morgan fingerprint density at radius 2 is 1.00 bits per heavy atom. The van der Waals surface area contributed by atoms with Crippen LogP contribution in [0.4, 0.5) is 0 Å². The summed E-state index contributed by atoms with van der Waals surface area (Å²) in [6.45, 7) is 10.2. The van der Waals surface area contributed by atoms with Crippen LogP contribution in [0.15, 0.2) is 110 Å². The Balaban J connectivity index is 0.00000195. The minimum Gasteiger partial charge on any atom is -0.485 e. The van der Waals surface area contributed by atoms with E-state index in [-0.39, 0.29) is 5.76 Å². The maximum absolute atomic E-state index is 11.6. The summed E-state index contributed by atoms with van der Waals surface area (Å²) in [7, 11) is 0. The van der Waals surface area contributed by atoms with Gasteiger partial charge < -0.3 is 18.9 Å². The minimum atomic E-state index is -0.456. The fraction of sp³-hybridized carbons (Fsp3) is 0.182. The van der Waals surface area contributed by atoms with Crippen LogP contribution in [-0.4, -0.2) is 5.97 Å². The number of hydrogen-bond donors (Lipinski definition) is 0. The number of carbonyl (C=O) groups excluding carboxylic acids is 1. The summed E-state index contributed by atoms with van der Waals surface area (Å²) in [5.74, 6) is 1.13. The zero-order valence-corrected chi connectivity index (χ0v) is 22.2. The molecule has 0 amide bonds. The highest BCUT2D eigenvalue weighted by Crippen LogP contribution is 2.42. The highest BCUT2D eigenvalue weighted by molar-refractivity contribution is 5.77. The molecule has 4 aromatic rings. The zero-order valence-electron chi connectivity index (χ0n) is 22.2. The SMILES string of the molecule is C=C(OC(C)=O)c1cc(OCc2ccccc2)c(OCc2ccccc2)c(OCc2ccccc2)c1.CC. The Bertz CT molecular complexity index is 1220. The molecular weight excluding hydrogens is 476 g/mol. The van der Waals surface area contributed by atoms with Gasteiger partial charge in [0.05, 0.1) is 0 Å². The maximum atomic E-state index is 11.6. The highest BCUT2D eigenvalue weighted by Gasteiger charge is 2.19. The van der Waals surface area contributed by atoms with Crippen molar-refractivity contribution in [2.75, 3.05) is 0 Å². The predicted octanol–water partition coefficient (Wildman–Crippen LogP) is 7.98. The molecule has 0 fully saturated rings. The predicted molar refractivity (Wildman–Crippen MR) is 151 cm³/mol. The molecule has 38 heavy (non-hydrogen) atoms. The van der Waals surface area contributed by atoms with Gasteiger partial charge >= 0.3 is 5.97 Å². The molecule has 0 aromatic heterocycles. The van der Waals surface area contributed by atoms with Crippen molar-refractivity contribution in [2.45, 2.75) is 40.6 Å². The van der Waals surface area contributed by atoms with Crippen LogP contribution < -0.4 is 14.2 Å². The molecule has 0 bridgehead atoms. The van der Waals surface area contributed by atoms with Crippen LogP contribution in [0.3, 0.4) is 0 Å². The monoisotopic (exact) mass is 510 g/mol. The first kappa shape index (κ1) is 28.1. The molecular formula is C33H34O5. The van der Waals surface area contributed by atoms with Gasteiger partial charge in [0, 0.05) is 12.5 Å². The van der Waals surface area contributed by atoms with Gasteiger partial charge in [0.2, 0.25) is 5.75 Å². The van der Waals surface area contributed by atoms with E-state index in [4.69, 9.17) is 18.9 Å². The molecule has 4 rings (SSSR count). The Morgan fingerprint density at radius 1 is 0.632 bits per heavy atom. The molecule has 5 heteroatoms. The van der Waals surface area contributed by atoms with Crippen molar-refractivity contribution in [3.05, 3.63) is 132 Å². The second-order valence-corrected chi connectivity index (χ2v) is 8.14. The van der Waals surface area contributed by atoms with E-state index in [0.29, 0.717) is 42.6 Å². The first-order valence-corrected chi connectivity index (χ1v) is 12.6. The second-order valence-electron chi connectivity index (χ2n) is 8.14. The van der Waals surface area contributed by atoms with Crippen molar-refractivity contribution >= 4 is 11.7 Å². The van der Waals surface area contributed by atoms with Gasteiger partial charge in [-0.25, -0.2) is 0 Å². The lowest BCUT2D eigenvalue weighted by Gasteiger charge is -2.19. The normalized spacial score (nSPS) is 9.97. The molecule has 0 unspecified atom stereocenters. The summed E-state index contributed by atoms with van der Waals surface area (Å²) in [6.07, 6.45) is 0. The lowest BCUT2D eigenvalue weighted by molar-refractivity contribution is -0.134. The van der Waals surface area contributed by atoms with Crippen LogP contribution in [0, 0.1) is 0 Å². The molecule has 0 heterocycles. The van der Waals surface area contributed by atoms with Gasteiger partial charge in [0.1, 0.15) is 25.6 Å². The Kier molecular flexibility index (Phi) is 11.0. The van der Waals surface area contributed by atoms with Crippen molar-refractivity contribution in [1.82, 2.24) is 0 Å². The average Bonchev–Trinajstić information content (AvgIpc) is 2.96. The Morgan fingerprint density at radius 3 is 1.37 bits per heavy atom. The lowest BCUT2D eigenvalue weighted by atomic mass is 10.1. The number of carbonyl (C=O) groups is 1. The van der Waals surface area contributed by atoms with E-state index >= 15 is 0 Å². The highest BCUT2D eigenvalue weighted by atomic mass is 16.5. The average molecular weight is 511 g/mol. The van der Waals surface area contributed by atoms with Crippen molar-refractivity contribution in [1.29, 1.82) is 0 Å². The van der Waals surface area contributed by atoms with Gasteiger partial charge in [-0.05, 0) is 28.8 Å². The van der Waals surface area contributed by atoms with E-state index in [1.54, 1.807) is 12.1 Å². The van der Waals surface area contributed by atoms with E-state index < -0.39 is 5.97 Å². The first-order chi connectivity index (χ1) is 18.6. The molecule has 0 atom stereocenters. The number of hydrogen-bond acceptors (Lipinski definition) is 5. The van der Waals surface area contributed by atoms with E-state index in [0.717, 1.165) is 16.7 Å². The molecule has 196 valence electrons. The third-order valence-electron chi connectivity index (χ3n) is 5.31. The molecule has 0 aliphatic rings. The van der Waals surface area contributed by atoms with Gasteiger partial charge in [-0.3, -0.25) is 4.79 Å². The van der Waals surface area contributed by atoms with E-state index in [1.165, 1.54) is 6.92 Å². The number of benzene rings is 4. The smallest absolute Gasteiger partial charge is 0.308 e. The fourth-order valence-electron chi connectivity index (χ4n) is 3.53. The molecule has 0 saturated carbocycles. The molecule has 0 saturated heterocycles. The zero-order chi connectivity index (χ0) is 27.2. The van der Waals surface area contributed by atoms with Crippen LogP contribution in [0.2, 0.25) is 0 Å². The van der Waals surface area contributed by atoms with Gasteiger partial charge in [-0.2, -0.15) is 0 Å². The summed E-state index contributed by atoms with van der Waals surface area (Å²) in [6, 6.07) is 33.1. The maximum Gasteiger partial charge on any atom is 0.308 e. The molecule has 0 spiro atoms. The largest absolute Gasteiger partial charge is 0.485 e. The lowest BCUT2D eigenvalue weighted by Crippen LogP contribution is -2.06. The topological polar surface area (TPSA) is 54.0 Å². The van der Waals surface area contributed by atoms with Crippen molar-refractivity contribution in [3.8, 4) is 17.2 Å². The number of ether oxygens (including phenoxy) is 4. The van der Waals surface area contributed by atoms with Crippen molar-refractivity contribution in [3.63, 3.8) is 0 Å². The number of rotatable bonds is 11. The molecule has 5 nitrogen and oxygen atoms in total. The summed E-state index contributed by atoms with van der Waals surface area (Å²) in [5, 5.41) is 0. The summed E-state index contributed by atoms with van der Waals surface area (Å²) in [4.78, 5) is 11.6. The molecule has 0 aliphatic heterocycles. The Labute approximate surface area is 225 Å². The van der Waals surface area contributed by atoms with Crippen molar-refractivity contribution < 1.29 is 23.7 Å². The van der Waals surface area contributed by atoms with Crippen LogP contribution in [0.1, 0.15) is 43.0 Å². The second kappa shape index (κ2) is 14.9. The summed E-state index contributed by atoms with van der Waals surface area (Å²) in [5.41, 5.74) is 3.57. The van der Waals surface area contributed by atoms with Crippen LogP contribution in [0.25, 0.3) is 5.76 Å². The molecule has 0 N–H and O–H groups in total. The Hall–Kier alpha value is -4.51. The third kappa shape index (κ3) is 8.56. The molecule has 4 aromatic carbocycles. The van der Waals surface area contributed by atoms with Crippen molar-refractivity contribution in [2.24, 2.45) is 0 Å². The van der Waals surface area contributed by atoms with Crippen LogP contribution in [-0.2, 0) is 29.4 Å². The van der Waals surface area contributed by atoms with E-state index in [1.807, 2.05) is 105 Å². The molecule has 0 radical (unpaired) electrons. The first-order valence-electron chi connectivity index (χ1n) is 12.6. The van der Waals surface area contributed by atoms with Gasteiger partial charge in [-0.1, -0.05) is 111 Å². The quantitative estimate of drug-likeness (QED) is 0.151. The third-order valence-corrected chi connectivity index (χ3v) is 5.31. The van der Waals surface area contributed by atoms with E-state index in [9.17, 15) is 4.79 Å². The molecule has 0 aliphatic carbocycles.